The minimum atomic E-state index is -0.903. The fourth-order valence-corrected chi connectivity index (χ4v) is 2.40. The first-order chi connectivity index (χ1) is 10.9. The van der Waals surface area contributed by atoms with Crippen LogP contribution in [0.15, 0.2) is 41.2 Å². The number of halogens is 3. The highest BCUT2D eigenvalue weighted by atomic mass is 19.1. The Hall–Kier alpha value is -2.67. The molecule has 3 rings (SSSR count). The van der Waals surface area contributed by atoms with Crippen molar-refractivity contribution in [3.8, 4) is 5.69 Å². The first kappa shape index (κ1) is 15.2. The summed E-state index contributed by atoms with van der Waals surface area (Å²) >= 11 is 0. The molecule has 0 aliphatic heterocycles. The Bertz CT molecular complexity index is 967. The average Bonchev–Trinajstić information content (AvgIpc) is 2.50. The van der Waals surface area contributed by atoms with Crippen molar-refractivity contribution in [2.45, 2.75) is 13.0 Å². The van der Waals surface area contributed by atoms with Gasteiger partial charge in [0.2, 0.25) is 0 Å². The molecule has 2 aromatic carbocycles. The van der Waals surface area contributed by atoms with Crippen LogP contribution in [0.3, 0.4) is 0 Å². The average molecular weight is 319 g/mol. The van der Waals surface area contributed by atoms with Crippen molar-refractivity contribution in [3.63, 3.8) is 0 Å². The maximum absolute atomic E-state index is 14.0. The van der Waals surface area contributed by atoms with Crippen molar-refractivity contribution in [2.24, 2.45) is 5.73 Å². The molecule has 0 spiro atoms. The Morgan fingerprint density at radius 1 is 1.13 bits per heavy atom. The standard InChI is InChI=1S/C16H12F3N3O/c1-8(20)15-21-14-12(19)6-5-11(18)13(14)16(23)22(15)10-4-2-3-9(17)7-10/h2-8H,20H2,1H3/t8-/m0/s1. The highest BCUT2D eigenvalue weighted by Crippen LogP contribution is 2.21. The van der Waals surface area contributed by atoms with Crippen LogP contribution >= 0.6 is 0 Å². The van der Waals surface area contributed by atoms with E-state index in [1.54, 1.807) is 6.92 Å². The van der Waals surface area contributed by atoms with E-state index in [0.717, 1.165) is 22.8 Å². The normalized spacial score (nSPS) is 12.6. The van der Waals surface area contributed by atoms with Gasteiger partial charge in [-0.2, -0.15) is 0 Å². The lowest BCUT2D eigenvalue weighted by atomic mass is 10.2. The first-order valence-electron chi connectivity index (χ1n) is 6.82. The van der Waals surface area contributed by atoms with Gasteiger partial charge >= 0.3 is 0 Å². The van der Waals surface area contributed by atoms with Gasteiger partial charge in [0.1, 0.15) is 34.2 Å². The van der Waals surface area contributed by atoms with Crippen molar-refractivity contribution < 1.29 is 13.2 Å². The molecule has 0 saturated carbocycles. The largest absolute Gasteiger partial charge is 0.322 e. The van der Waals surface area contributed by atoms with Crippen molar-refractivity contribution in [1.82, 2.24) is 9.55 Å². The van der Waals surface area contributed by atoms with Gasteiger partial charge in [-0.15, -0.1) is 0 Å². The van der Waals surface area contributed by atoms with Gasteiger partial charge in [-0.25, -0.2) is 18.2 Å². The van der Waals surface area contributed by atoms with Crippen LogP contribution in [0.1, 0.15) is 18.8 Å². The third-order valence-corrected chi connectivity index (χ3v) is 3.42. The quantitative estimate of drug-likeness (QED) is 0.790. The summed E-state index contributed by atoms with van der Waals surface area (Å²) in [7, 11) is 0. The Kier molecular flexibility index (Phi) is 3.65. The summed E-state index contributed by atoms with van der Waals surface area (Å²) in [5.41, 5.74) is 4.71. The lowest BCUT2D eigenvalue weighted by Gasteiger charge is -2.16. The molecular formula is C16H12F3N3O. The van der Waals surface area contributed by atoms with Crippen LogP contribution in [-0.4, -0.2) is 9.55 Å². The van der Waals surface area contributed by atoms with E-state index in [4.69, 9.17) is 5.73 Å². The van der Waals surface area contributed by atoms with Crippen LogP contribution in [0.25, 0.3) is 16.6 Å². The molecule has 0 aliphatic carbocycles. The first-order valence-corrected chi connectivity index (χ1v) is 6.82. The van der Waals surface area contributed by atoms with Gasteiger partial charge in [0, 0.05) is 0 Å². The summed E-state index contributed by atoms with van der Waals surface area (Å²) in [4.78, 5) is 16.7. The topological polar surface area (TPSA) is 60.9 Å². The number of nitrogens with two attached hydrogens (primary N) is 1. The molecule has 0 fully saturated rings. The van der Waals surface area contributed by atoms with Gasteiger partial charge < -0.3 is 5.73 Å². The lowest BCUT2D eigenvalue weighted by Crippen LogP contribution is -2.28. The molecule has 23 heavy (non-hydrogen) atoms. The number of aromatic nitrogens is 2. The van der Waals surface area contributed by atoms with E-state index in [0.29, 0.717) is 0 Å². The number of hydrogen-bond donors (Lipinski definition) is 1. The van der Waals surface area contributed by atoms with Gasteiger partial charge in [0.15, 0.2) is 0 Å². The Morgan fingerprint density at radius 3 is 2.48 bits per heavy atom. The van der Waals surface area contributed by atoms with E-state index in [9.17, 15) is 18.0 Å². The van der Waals surface area contributed by atoms with Crippen LogP contribution in [0.2, 0.25) is 0 Å². The minimum Gasteiger partial charge on any atom is -0.322 e. The third kappa shape index (κ3) is 2.49. The summed E-state index contributed by atoms with van der Waals surface area (Å²) in [5.74, 6) is -2.30. The molecule has 1 heterocycles. The molecule has 0 saturated heterocycles. The van der Waals surface area contributed by atoms with Crippen LogP contribution in [-0.2, 0) is 0 Å². The predicted molar refractivity (Wildman–Crippen MR) is 79.8 cm³/mol. The molecule has 0 radical (unpaired) electrons. The number of rotatable bonds is 2. The summed E-state index contributed by atoms with van der Waals surface area (Å²) < 4.78 is 42.4. The SMILES string of the molecule is C[C@H](N)c1nc2c(F)ccc(F)c2c(=O)n1-c1cccc(F)c1. The van der Waals surface area contributed by atoms with Crippen molar-refractivity contribution in [2.75, 3.05) is 0 Å². The summed E-state index contributed by atoms with van der Waals surface area (Å²) in [6, 6.07) is 6.14. The second-order valence-corrected chi connectivity index (χ2v) is 5.13. The number of hydrogen-bond acceptors (Lipinski definition) is 3. The van der Waals surface area contributed by atoms with Gasteiger partial charge in [0.05, 0.1) is 11.7 Å². The smallest absolute Gasteiger partial charge is 0.269 e. The van der Waals surface area contributed by atoms with Crippen molar-refractivity contribution in [3.05, 3.63) is 70.0 Å². The zero-order valence-electron chi connectivity index (χ0n) is 12.1. The molecule has 0 unspecified atom stereocenters. The number of benzene rings is 2. The molecule has 0 aliphatic rings. The molecule has 0 amide bonds. The molecule has 2 N–H and O–H groups in total. The molecular weight excluding hydrogens is 307 g/mol. The minimum absolute atomic E-state index is 0.0117. The van der Waals surface area contributed by atoms with Crippen LogP contribution in [0.4, 0.5) is 13.2 Å². The molecule has 1 atom stereocenters. The highest BCUT2D eigenvalue weighted by Gasteiger charge is 2.20. The fourth-order valence-electron chi connectivity index (χ4n) is 2.40. The summed E-state index contributed by atoms with van der Waals surface area (Å²) in [5, 5.41) is -0.501. The molecule has 118 valence electrons. The van der Waals surface area contributed by atoms with E-state index in [1.807, 2.05) is 0 Å². The summed E-state index contributed by atoms with van der Waals surface area (Å²) in [6.45, 7) is 1.54. The van der Waals surface area contributed by atoms with Gasteiger partial charge in [0.25, 0.3) is 5.56 Å². The second-order valence-electron chi connectivity index (χ2n) is 5.13. The van der Waals surface area contributed by atoms with Gasteiger partial charge in [-0.05, 0) is 37.3 Å². The molecule has 3 aromatic rings. The van der Waals surface area contributed by atoms with E-state index < -0.39 is 40.0 Å². The van der Waals surface area contributed by atoms with Crippen LogP contribution in [0, 0.1) is 17.5 Å². The second kappa shape index (κ2) is 5.51. The zero-order chi connectivity index (χ0) is 16.7. The highest BCUT2D eigenvalue weighted by molar-refractivity contribution is 5.79. The van der Waals surface area contributed by atoms with Crippen molar-refractivity contribution >= 4 is 10.9 Å². The molecule has 7 heteroatoms. The number of fused-ring (bicyclic) bond motifs is 1. The van der Waals surface area contributed by atoms with E-state index in [-0.39, 0.29) is 11.5 Å². The maximum atomic E-state index is 14.0. The van der Waals surface area contributed by atoms with Crippen molar-refractivity contribution in [1.29, 1.82) is 0 Å². The summed E-state index contributed by atoms with van der Waals surface area (Å²) in [6.07, 6.45) is 0. The molecule has 0 bridgehead atoms. The Labute approximate surface area is 129 Å². The van der Waals surface area contributed by atoms with Gasteiger partial charge in [-0.3, -0.25) is 9.36 Å². The zero-order valence-corrected chi connectivity index (χ0v) is 12.1. The Morgan fingerprint density at radius 2 is 1.83 bits per heavy atom. The van der Waals surface area contributed by atoms with E-state index >= 15 is 0 Å². The fraction of sp³-hybridized carbons (Fsp3) is 0.125. The number of nitrogens with zero attached hydrogens (tertiary/aromatic N) is 2. The Balaban J connectivity index is 2.50. The third-order valence-electron chi connectivity index (χ3n) is 3.42. The van der Waals surface area contributed by atoms with E-state index in [2.05, 4.69) is 4.98 Å². The monoisotopic (exact) mass is 319 g/mol. The maximum Gasteiger partial charge on any atom is 0.269 e. The van der Waals surface area contributed by atoms with Crippen LogP contribution < -0.4 is 11.3 Å². The predicted octanol–water partition coefficient (Wildman–Crippen LogP) is 2.82. The lowest BCUT2D eigenvalue weighted by molar-refractivity contribution is 0.605. The molecule has 1 aromatic heterocycles. The van der Waals surface area contributed by atoms with Crippen LogP contribution in [0.5, 0.6) is 0 Å². The van der Waals surface area contributed by atoms with Gasteiger partial charge in [-0.1, -0.05) is 6.07 Å². The van der Waals surface area contributed by atoms with E-state index in [1.165, 1.54) is 18.2 Å². The molecule has 4 nitrogen and oxygen atoms in total.